The molecule has 0 aromatic carbocycles. The molecule has 0 bridgehead atoms. The van der Waals surface area contributed by atoms with Crippen LogP contribution < -0.4 is 10.6 Å². The molecule has 7 heteroatoms. The summed E-state index contributed by atoms with van der Waals surface area (Å²) >= 11 is 1.52. The number of nitriles is 1. The number of amides is 2. The van der Waals surface area contributed by atoms with Gasteiger partial charge in [-0.1, -0.05) is 6.92 Å². The van der Waals surface area contributed by atoms with Crippen LogP contribution in [0.15, 0.2) is 0 Å². The summed E-state index contributed by atoms with van der Waals surface area (Å²) in [5.74, 6) is 0.286. The van der Waals surface area contributed by atoms with Gasteiger partial charge in [-0.3, -0.25) is 14.5 Å². The van der Waals surface area contributed by atoms with Crippen LogP contribution >= 0.6 is 11.3 Å². The lowest BCUT2D eigenvalue weighted by atomic mass is 9.89. The molecule has 6 nitrogen and oxygen atoms in total. The SMILES string of the molecule is C[C@@H]1CCc2c(sc(NC(=O)CN(C)CC(=O)NC(C)(C)C)c2C#N)C1. The van der Waals surface area contributed by atoms with Crippen molar-refractivity contribution in [3.63, 3.8) is 0 Å². The fraction of sp³-hybridized carbons (Fsp3) is 0.632. The van der Waals surface area contributed by atoms with Gasteiger partial charge in [-0.2, -0.15) is 5.26 Å². The molecule has 26 heavy (non-hydrogen) atoms. The Morgan fingerprint density at radius 2 is 1.96 bits per heavy atom. The highest BCUT2D eigenvalue weighted by Gasteiger charge is 2.25. The van der Waals surface area contributed by atoms with E-state index in [0.29, 0.717) is 16.5 Å². The monoisotopic (exact) mass is 376 g/mol. The van der Waals surface area contributed by atoms with Gasteiger partial charge in [0.05, 0.1) is 18.7 Å². The van der Waals surface area contributed by atoms with E-state index in [1.807, 2.05) is 20.8 Å². The molecule has 1 aromatic heterocycles. The van der Waals surface area contributed by atoms with Gasteiger partial charge in [0.25, 0.3) is 0 Å². The van der Waals surface area contributed by atoms with Gasteiger partial charge < -0.3 is 10.6 Å². The van der Waals surface area contributed by atoms with Crippen molar-refractivity contribution in [1.29, 1.82) is 5.26 Å². The number of nitrogens with one attached hydrogen (secondary N) is 2. The molecule has 1 aliphatic carbocycles. The molecule has 0 radical (unpaired) electrons. The molecule has 2 amide bonds. The van der Waals surface area contributed by atoms with Crippen LogP contribution in [-0.4, -0.2) is 42.4 Å². The molecule has 1 aliphatic rings. The van der Waals surface area contributed by atoms with E-state index >= 15 is 0 Å². The normalized spacial score (nSPS) is 16.7. The van der Waals surface area contributed by atoms with Crippen molar-refractivity contribution in [3.8, 4) is 6.07 Å². The van der Waals surface area contributed by atoms with Gasteiger partial charge in [-0.25, -0.2) is 0 Å². The second-order valence-electron chi connectivity index (χ2n) is 8.19. The molecular formula is C19H28N4O2S. The van der Waals surface area contributed by atoms with Crippen molar-refractivity contribution in [2.45, 2.75) is 52.5 Å². The van der Waals surface area contributed by atoms with Crippen LogP contribution in [0.1, 0.15) is 50.1 Å². The molecule has 0 fully saturated rings. The quantitative estimate of drug-likeness (QED) is 0.827. The zero-order chi connectivity index (χ0) is 19.5. The molecule has 0 saturated carbocycles. The van der Waals surface area contributed by atoms with Gasteiger partial charge >= 0.3 is 0 Å². The minimum absolute atomic E-state index is 0.0986. The van der Waals surface area contributed by atoms with Crippen LogP contribution in [0.25, 0.3) is 0 Å². The Morgan fingerprint density at radius 1 is 1.31 bits per heavy atom. The second kappa shape index (κ2) is 8.19. The van der Waals surface area contributed by atoms with Crippen molar-refractivity contribution in [2.75, 3.05) is 25.5 Å². The smallest absolute Gasteiger partial charge is 0.239 e. The van der Waals surface area contributed by atoms with Crippen molar-refractivity contribution in [1.82, 2.24) is 10.2 Å². The molecule has 2 rings (SSSR count). The maximum Gasteiger partial charge on any atom is 0.239 e. The second-order valence-corrected chi connectivity index (χ2v) is 9.29. The molecule has 1 heterocycles. The highest BCUT2D eigenvalue weighted by Crippen LogP contribution is 2.39. The van der Waals surface area contributed by atoms with Crippen LogP contribution in [-0.2, 0) is 22.4 Å². The first-order valence-corrected chi connectivity index (χ1v) is 9.74. The van der Waals surface area contributed by atoms with Crippen LogP contribution in [0.3, 0.4) is 0 Å². The Morgan fingerprint density at radius 3 is 2.58 bits per heavy atom. The van der Waals surface area contributed by atoms with Crippen molar-refractivity contribution in [2.24, 2.45) is 5.92 Å². The van der Waals surface area contributed by atoms with Crippen LogP contribution in [0.5, 0.6) is 0 Å². The maximum absolute atomic E-state index is 12.3. The summed E-state index contributed by atoms with van der Waals surface area (Å²) in [6.07, 6.45) is 2.95. The van der Waals surface area contributed by atoms with Crippen LogP contribution in [0.2, 0.25) is 0 Å². The predicted octanol–water partition coefficient (Wildman–Crippen LogP) is 2.53. The van der Waals surface area contributed by atoms with E-state index in [0.717, 1.165) is 24.8 Å². The number of hydrogen-bond donors (Lipinski definition) is 2. The Balaban J connectivity index is 1.96. The van der Waals surface area contributed by atoms with Gasteiger partial charge in [0, 0.05) is 10.4 Å². The lowest BCUT2D eigenvalue weighted by Crippen LogP contribution is -2.46. The summed E-state index contributed by atoms with van der Waals surface area (Å²) in [4.78, 5) is 27.2. The van der Waals surface area contributed by atoms with Gasteiger partial charge in [0.1, 0.15) is 11.1 Å². The maximum atomic E-state index is 12.3. The molecule has 0 spiro atoms. The molecular weight excluding hydrogens is 348 g/mol. The van der Waals surface area contributed by atoms with Crippen molar-refractivity contribution >= 4 is 28.2 Å². The van der Waals surface area contributed by atoms with E-state index in [9.17, 15) is 14.9 Å². The first kappa shape index (κ1) is 20.4. The number of thiophene rings is 1. The number of fused-ring (bicyclic) bond motifs is 1. The molecule has 142 valence electrons. The summed E-state index contributed by atoms with van der Waals surface area (Å²) in [6, 6.07) is 2.25. The molecule has 1 aromatic rings. The van der Waals surface area contributed by atoms with E-state index in [1.54, 1.807) is 11.9 Å². The van der Waals surface area contributed by atoms with Gasteiger partial charge in [0.15, 0.2) is 0 Å². The number of carbonyl (C=O) groups excluding carboxylic acids is 2. The summed E-state index contributed by atoms with van der Waals surface area (Å²) in [6.45, 7) is 8.21. The summed E-state index contributed by atoms with van der Waals surface area (Å²) in [5, 5.41) is 15.9. The number of nitrogens with zero attached hydrogens (tertiary/aromatic N) is 2. The topological polar surface area (TPSA) is 85.2 Å². The largest absolute Gasteiger partial charge is 0.350 e. The van der Waals surface area contributed by atoms with Crippen LogP contribution in [0, 0.1) is 17.2 Å². The first-order chi connectivity index (χ1) is 12.1. The number of rotatable bonds is 5. The summed E-state index contributed by atoms with van der Waals surface area (Å²) in [7, 11) is 1.73. The minimum Gasteiger partial charge on any atom is -0.350 e. The van der Waals surface area contributed by atoms with E-state index in [1.165, 1.54) is 16.2 Å². The third-order valence-electron chi connectivity index (χ3n) is 4.22. The highest BCUT2D eigenvalue weighted by atomic mass is 32.1. The number of hydrogen-bond acceptors (Lipinski definition) is 5. The lowest BCUT2D eigenvalue weighted by Gasteiger charge is -2.23. The molecule has 0 unspecified atom stereocenters. The standard InChI is InChI=1S/C19H28N4O2S/c1-12-6-7-13-14(9-20)18(26-15(13)8-12)21-16(24)10-23(5)11-17(25)22-19(2,3)4/h12H,6-8,10-11H2,1-5H3,(H,21,24)(H,22,25)/t12-/m1/s1. The van der Waals surface area contributed by atoms with E-state index < -0.39 is 0 Å². The molecule has 1 atom stereocenters. The van der Waals surface area contributed by atoms with Crippen molar-refractivity contribution < 1.29 is 9.59 Å². The lowest BCUT2D eigenvalue weighted by molar-refractivity contribution is -0.124. The van der Waals surface area contributed by atoms with E-state index in [4.69, 9.17) is 0 Å². The van der Waals surface area contributed by atoms with Gasteiger partial charge in [-0.05, 0) is 58.6 Å². The molecule has 0 saturated heterocycles. The zero-order valence-corrected chi connectivity index (χ0v) is 17.0. The Labute approximate surface area is 159 Å². The summed E-state index contributed by atoms with van der Waals surface area (Å²) < 4.78 is 0. The number of likely N-dealkylation sites (N-methyl/N-ethyl adjacent to an activating group) is 1. The minimum atomic E-state index is -0.297. The van der Waals surface area contributed by atoms with Crippen LogP contribution in [0.4, 0.5) is 5.00 Å². The number of anilines is 1. The van der Waals surface area contributed by atoms with E-state index in [2.05, 4.69) is 23.6 Å². The summed E-state index contributed by atoms with van der Waals surface area (Å²) in [5.41, 5.74) is 1.41. The van der Waals surface area contributed by atoms with Gasteiger partial charge in [0.2, 0.25) is 11.8 Å². The third-order valence-corrected chi connectivity index (χ3v) is 5.39. The first-order valence-electron chi connectivity index (χ1n) is 8.93. The third kappa shape index (κ3) is 5.55. The zero-order valence-electron chi connectivity index (χ0n) is 16.2. The molecule has 2 N–H and O–H groups in total. The number of carbonyl (C=O) groups is 2. The predicted molar refractivity (Wildman–Crippen MR) is 104 cm³/mol. The average molecular weight is 377 g/mol. The Kier molecular flexibility index (Phi) is 6.43. The highest BCUT2D eigenvalue weighted by molar-refractivity contribution is 7.16. The fourth-order valence-corrected chi connectivity index (χ4v) is 4.50. The Bertz CT molecular complexity index is 727. The molecule has 0 aliphatic heterocycles. The van der Waals surface area contributed by atoms with Gasteiger partial charge in [-0.15, -0.1) is 11.3 Å². The Hall–Kier alpha value is -1.91. The fourth-order valence-electron chi connectivity index (χ4n) is 3.13. The van der Waals surface area contributed by atoms with E-state index in [-0.39, 0.29) is 30.4 Å². The van der Waals surface area contributed by atoms with Crippen molar-refractivity contribution in [3.05, 3.63) is 16.0 Å². The average Bonchev–Trinajstić information content (AvgIpc) is 2.80.